The number of anilines is 3. The number of para-hydroxylation sites is 3. The fourth-order valence-electron chi connectivity index (χ4n) is 8.70. The Morgan fingerprint density at radius 3 is 1.66 bits per heavy atom. The van der Waals surface area contributed by atoms with Gasteiger partial charge in [-0.2, -0.15) is 0 Å². The lowest BCUT2D eigenvalue weighted by Crippen LogP contribution is -2.09. The summed E-state index contributed by atoms with van der Waals surface area (Å²) in [6, 6.07) is 69.2. The molecule has 0 saturated heterocycles. The first-order chi connectivity index (χ1) is 27.7. The maximum absolute atomic E-state index is 6.36. The molecule has 0 fully saturated rings. The van der Waals surface area contributed by atoms with Gasteiger partial charge in [0.15, 0.2) is 0 Å². The minimum atomic E-state index is 0.871. The SMILES string of the molecule is c1ccc2cc(N(c3ccc(-c4ccc5c(c4)c4ccccc4n5-c4ccc5c(c4)oc4ccccc45)cc3)c3ccc4c(c3)oc3ccccc34)ccc2c1. The van der Waals surface area contributed by atoms with E-state index >= 15 is 0 Å². The summed E-state index contributed by atoms with van der Waals surface area (Å²) in [6.07, 6.45) is 0. The van der Waals surface area contributed by atoms with Gasteiger partial charge in [0.2, 0.25) is 0 Å². The van der Waals surface area contributed by atoms with E-state index in [2.05, 4.69) is 179 Å². The van der Waals surface area contributed by atoms with Crippen LogP contribution < -0.4 is 4.90 Å². The molecule has 3 heterocycles. The van der Waals surface area contributed by atoms with E-state index in [9.17, 15) is 0 Å². The molecule has 4 nitrogen and oxygen atoms in total. The molecule has 12 aromatic rings. The molecule has 0 spiro atoms. The molecule has 0 amide bonds. The minimum absolute atomic E-state index is 0.871. The Morgan fingerprint density at radius 1 is 0.321 bits per heavy atom. The van der Waals surface area contributed by atoms with Gasteiger partial charge >= 0.3 is 0 Å². The quantitative estimate of drug-likeness (QED) is 0.178. The molecule has 262 valence electrons. The van der Waals surface area contributed by atoms with Gasteiger partial charge < -0.3 is 18.3 Å². The molecule has 0 radical (unpaired) electrons. The molecule has 0 N–H and O–H groups in total. The zero-order valence-corrected chi connectivity index (χ0v) is 30.2. The van der Waals surface area contributed by atoms with Crippen molar-refractivity contribution in [3.63, 3.8) is 0 Å². The van der Waals surface area contributed by atoms with Crippen LogP contribution in [0.25, 0.3) is 93.3 Å². The molecule has 9 aromatic carbocycles. The number of rotatable bonds is 5. The predicted molar refractivity (Wildman–Crippen MR) is 233 cm³/mol. The fourth-order valence-corrected chi connectivity index (χ4v) is 8.70. The molecular formula is C52H32N2O2. The predicted octanol–water partition coefficient (Wildman–Crippen LogP) is 14.9. The maximum Gasteiger partial charge on any atom is 0.137 e. The van der Waals surface area contributed by atoms with Crippen molar-refractivity contribution in [2.75, 3.05) is 4.90 Å². The lowest BCUT2D eigenvalue weighted by atomic mass is 10.0. The third-order valence-corrected chi connectivity index (χ3v) is 11.4. The van der Waals surface area contributed by atoms with Gasteiger partial charge in [0.05, 0.1) is 11.0 Å². The number of fused-ring (bicyclic) bond motifs is 10. The number of furan rings is 2. The standard InChI is InChI=1S/C52H32N2O2/c1-2-10-35-29-38(23-19-33(35)9-1)53(39-24-26-44-42-12-4-7-15-49(42)55-51(44)31-39)37-21-17-34(18-22-37)36-20-28-48-46(30-36)41-11-3-6-14-47(41)54(48)40-25-27-45-43-13-5-8-16-50(43)56-52(45)32-40/h1-32H. The van der Waals surface area contributed by atoms with Crippen LogP contribution in [0.15, 0.2) is 203 Å². The first kappa shape index (κ1) is 30.9. The minimum Gasteiger partial charge on any atom is -0.456 e. The van der Waals surface area contributed by atoms with Crippen LogP contribution in [0.3, 0.4) is 0 Å². The lowest BCUT2D eigenvalue weighted by Gasteiger charge is -2.26. The van der Waals surface area contributed by atoms with Gasteiger partial charge in [-0.15, -0.1) is 0 Å². The van der Waals surface area contributed by atoms with Crippen LogP contribution in [0.2, 0.25) is 0 Å². The monoisotopic (exact) mass is 716 g/mol. The number of benzene rings is 9. The molecular weight excluding hydrogens is 685 g/mol. The summed E-state index contributed by atoms with van der Waals surface area (Å²) in [7, 11) is 0. The van der Waals surface area contributed by atoms with Crippen LogP contribution in [0, 0.1) is 0 Å². The van der Waals surface area contributed by atoms with Crippen molar-refractivity contribution in [1.82, 2.24) is 4.57 Å². The first-order valence-corrected chi connectivity index (χ1v) is 19.0. The largest absolute Gasteiger partial charge is 0.456 e. The fraction of sp³-hybridized carbons (Fsp3) is 0. The lowest BCUT2D eigenvalue weighted by molar-refractivity contribution is 0.668. The smallest absolute Gasteiger partial charge is 0.137 e. The molecule has 0 bridgehead atoms. The third kappa shape index (κ3) is 4.73. The molecule has 0 unspecified atom stereocenters. The van der Waals surface area contributed by atoms with Crippen molar-refractivity contribution in [2.24, 2.45) is 0 Å². The normalized spacial score (nSPS) is 11.9. The van der Waals surface area contributed by atoms with Crippen molar-refractivity contribution in [2.45, 2.75) is 0 Å². The summed E-state index contributed by atoms with van der Waals surface area (Å²) in [6.45, 7) is 0. The number of hydrogen-bond donors (Lipinski definition) is 0. The Kier molecular flexibility index (Phi) is 6.60. The molecule has 3 aromatic heterocycles. The van der Waals surface area contributed by atoms with Crippen molar-refractivity contribution >= 4 is 93.5 Å². The molecule has 4 heteroatoms. The van der Waals surface area contributed by atoms with Gasteiger partial charge in [-0.3, -0.25) is 0 Å². The van der Waals surface area contributed by atoms with E-state index in [-0.39, 0.29) is 0 Å². The molecule has 56 heavy (non-hydrogen) atoms. The summed E-state index contributed by atoms with van der Waals surface area (Å²) >= 11 is 0. The summed E-state index contributed by atoms with van der Waals surface area (Å²) in [5.41, 5.74) is 12.5. The van der Waals surface area contributed by atoms with E-state index in [0.29, 0.717) is 0 Å². The van der Waals surface area contributed by atoms with Crippen LogP contribution in [-0.4, -0.2) is 4.57 Å². The van der Waals surface area contributed by atoms with E-state index in [1.807, 2.05) is 24.3 Å². The van der Waals surface area contributed by atoms with Gasteiger partial charge in [0.25, 0.3) is 0 Å². The van der Waals surface area contributed by atoms with E-state index in [1.165, 1.54) is 27.1 Å². The molecule has 0 atom stereocenters. The Morgan fingerprint density at radius 2 is 0.875 bits per heavy atom. The van der Waals surface area contributed by atoms with Gasteiger partial charge in [-0.05, 0) is 101 Å². The molecule has 0 saturated carbocycles. The summed E-state index contributed by atoms with van der Waals surface area (Å²) < 4.78 is 15.0. The Labute approximate surface area is 321 Å². The van der Waals surface area contributed by atoms with Crippen LogP contribution in [-0.2, 0) is 0 Å². The zero-order chi connectivity index (χ0) is 36.7. The van der Waals surface area contributed by atoms with Crippen LogP contribution in [0.5, 0.6) is 0 Å². The highest BCUT2D eigenvalue weighted by Gasteiger charge is 2.18. The molecule has 12 rings (SSSR count). The van der Waals surface area contributed by atoms with Gasteiger partial charge in [0.1, 0.15) is 22.3 Å². The van der Waals surface area contributed by atoms with E-state index in [0.717, 1.165) is 83.2 Å². The molecule has 0 aliphatic heterocycles. The van der Waals surface area contributed by atoms with Crippen molar-refractivity contribution in [3.8, 4) is 16.8 Å². The number of hydrogen-bond acceptors (Lipinski definition) is 3. The van der Waals surface area contributed by atoms with Crippen molar-refractivity contribution < 1.29 is 8.83 Å². The van der Waals surface area contributed by atoms with Crippen LogP contribution in [0.1, 0.15) is 0 Å². The Hall–Kier alpha value is -7.56. The Bertz CT molecular complexity index is 3490. The highest BCUT2D eigenvalue weighted by Crippen LogP contribution is 2.41. The van der Waals surface area contributed by atoms with Crippen LogP contribution >= 0.6 is 0 Å². The van der Waals surface area contributed by atoms with E-state index in [4.69, 9.17) is 8.83 Å². The van der Waals surface area contributed by atoms with Crippen molar-refractivity contribution in [3.05, 3.63) is 194 Å². The summed E-state index contributed by atoms with van der Waals surface area (Å²) in [4.78, 5) is 2.32. The second kappa shape index (κ2) is 12.0. The van der Waals surface area contributed by atoms with E-state index in [1.54, 1.807) is 0 Å². The van der Waals surface area contributed by atoms with Gasteiger partial charge in [-0.25, -0.2) is 0 Å². The van der Waals surface area contributed by atoms with Gasteiger partial charge in [0, 0.05) is 67.2 Å². The van der Waals surface area contributed by atoms with E-state index < -0.39 is 0 Å². The summed E-state index contributed by atoms with van der Waals surface area (Å²) in [5.74, 6) is 0. The second-order valence-electron chi connectivity index (χ2n) is 14.6. The first-order valence-electron chi connectivity index (χ1n) is 19.0. The molecule has 0 aliphatic rings. The molecule has 0 aliphatic carbocycles. The highest BCUT2D eigenvalue weighted by atomic mass is 16.3. The van der Waals surface area contributed by atoms with Crippen LogP contribution in [0.4, 0.5) is 17.1 Å². The van der Waals surface area contributed by atoms with Crippen molar-refractivity contribution in [1.29, 1.82) is 0 Å². The zero-order valence-electron chi connectivity index (χ0n) is 30.2. The number of aromatic nitrogens is 1. The topological polar surface area (TPSA) is 34.5 Å². The summed E-state index contributed by atoms with van der Waals surface area (Å²) in [5, 5.41) is 9.35. The second-order valence-corrected chi connectivity index (χ2v) is 14.6. The highest BCUT2D eigenvalue weighted by molar-refractivity contribution is 6.11. The Balaban J connectivity index is 0.964. The third-order valence-electron chi connectivity index (χ3n) is 11.4. The maximum atomic E-state index is 6.36. The average Bonchev–Trinajstić information content (AvgIpc) is 3.92. The van der Waals surface area contributed by atoms with Gasteiger partial charge in [-0.1, -0.05) is 103 Å². The average molecular weight is 717 g/mol. The number of nitrogens with zero attached hydrogens (tertiary/aromatic N) is 2.